The molecule has 1 aliphatic carbocycles. The lowest BCUT2D eigenvalue weighted by Crippen LogP contribution is -2.47. The van der Waals surface area contributed by atoms with Gasteiger partial charge in [-0.15, -0.1) is 0 Å². The van der Waals surface area contributed by atoms with Crippen LogP contribution in [0, 0.1) is 5.41 Å². The number of rotatable bonds is 4. The Morgan fingerprint density at radius 2 is 1.59 bits per heavy atom. The molecular formula is C15H30N2. The van der Waals surface area contributed by atoms with Crippen molar-refractivity contribution < 1.29 is 0 Å². The van der Waals surface area contributed by atoms with Crippen LogP contribution in [-0.4, -0.2) is 36.6 Å². The van der Waals surface area contributed by atoms with Crippen LogP contribution in [0.3, 0.4) is 0 Å². The van der Waals surface area contributed by atoms with Gasteiger partial charge in [-0.3, -0.25) is 4.90 Å². The van der Waals surface area contributed by atoms with Crippen LogP contribution in [-0.2, 0) is 0 Å². The summed E-state index contributed by atoms with van der Waals surface area (Å²) in [6, 6.07) is 1.32. The van der Waals surface area contributed by atoms with E-state index in [4.69, 9.17) is 0 Å². The second-order valence-electron chi connectivity index (χ2n) is 6.66. The van der Waals surface area contributed by atoms with E-state index in [2.05, 4.69) is 31.0 Å². The minimum atomic E-state index is 0.614. The van der Waals surface area contributed by atoms with Gasteiger partial charge >= 0.3 is 0 Å². The first-order chi connectivity index (χ1) is 8.11. The zero-order valence-electron chi connectivity index (χ0n) is 12.0. The van der Waals surface area contributed by atoms with E-state index < -0.39 is 0 Å². The number of nitrogens with one attached hydrogen (secondary N) is 1. The summed E-state index contributed by atoms with van der Waals surface area (Å²) in [4.78, 5) is 2.69. The fourth-order valence-electron chi connectivity index (χ4n) is 3.60. The molecule has 2 heteroatoms. The van der Waals surface area contributed by atoms with E-state index >= 15 is 0 Å². The SMILES string of the molecule is CC(C)NCC(C)N1CCC2(CCCC2)CC1. The Balaban J connectivity index is 1.74. The van der Waals surface area contributed by atoms with Crippen molar-refractivity contribution in [2.45, 2.75) is 71.4 Å². The second kappa shape index (κ2) is 5.71. The molecule has 0 aromatic rings. The third-order valence-electron chi connectivity index (χ3n) is 4.97. The standard InChI is InChI=1S/C15H30N2/c1-13(2)16-12-14(3)17-10-8-15(9-11-17)6-4-5-7-15/h13-14,16H,4-12H2,1-3H3. The molecule has 1 saturated heterocycles. The van der Waals surface area contributed by atoms with E-state index in [-0.39, 0.29) is 0 Å². The molecule has 1 N–H and O–H groups in total. The monoisotopic (exact) mass is 238 g/mol. The first-order valence-corrected chi connectivity index (χ1v) is 7.59. The highest BCUT2D eigenvalue weighted by Crippen LogP contribution is 2.46. The highest BCUT2D eigenvalue weighted by atomic mass is 15.2. The summed E-state index contributed by atoms with van der Waals surface area (Å²) in [5, 5.41) is 3.56. The Kier molecular flexibility index (Phi) is 4.48. The minimum absolute atomic E-state index is 0.614. The Bertz CT molecular complexity index is 221. The van der Waals surface area contributed by atoms with E-state index in [0.717, 1.165) is 12.0 Å². The molecule has 0 amide bonds. The highest BCUT2D eigenvalue weighted by molar-refractivity contribution is 4.91. The molecule has 0 aromatic heterocycles. The molecule has 100 valence electrons. The fourth-order valence-corrected chi connectivity index (χ4v) is 3.60. The maximum Gasteiger partial charge on any atom is 0.0192 e. The molecule has 17 heavy (non-hydrogen) atoms. The average Bonchev–Trinajstić information content (AvgIpc) is 2.75. The largest absolute Gasteiger partial charge is 0.313 e. The summed E-state index contributed by atoms with van der Waals surface area (Å²) in [6.45, 7) is 10.7. The Hall–Kier alpha value is -0.0800. The van der Waals surface area contributed by atoms with Crippen molar-refractivity contribution >= 4 is 0 Å². The molecule has 1 aliphatic heterocycles. The molecule has 2 nitrogen and oxygen atoms in total. The van der Waals surface area contributed by atoms with Crippen molar-refractivity contribution in [3.05, 3.63) is 0 Å². The summed E-state index contributed by atoms with van der Waals surface area (Å²) >= 11 is 0. The Morgan fingerprint density at radius 3 is 2.12 bits per heavy atom. The molecule has 0 aromatic carbocycles. The van der Waals surface area contributed by atoms with Crippen molar-refractivity contribution in [2.24, 2.45) is 5.41 Å². The minimum Gasteiger partial charge on any atom is -0.313 e. The van der Waals surface area contributed by atoms with Gasteiger partial charge < -0.3 is 5.32 Å². The van der Waals surface area contributed by atoms with Crippen molar-refractivity contribution in [2.75, 3.05) is 19.6 Å². The number of hydrogen-bond acceptors (Lipinski definition) is 2. The van der Waals surface area contributed by atoms with Crippen LogP contribution in [0.4, 0.5) is 0 Å². The predicted octanol–water partition coefficient (Wildman–Crippen LogP) is 3.03. The van der Waals surface area contributed by atoms with E-state index in [1.54, 1.807) is 0 Å². The summed E-state index contributed by atoms with van der Waals surface area (Å²) < 4.78 is 0. The van der Waals surface area contributed by atoms with Gasteiger partial charge in [0.2, 0.25) is 0 Å². The maximum atomic E-state index is 3.56. The molecular weight excluding hydrogens is 208 g/mol. The molecule has 1 spiro atoms. The maximum absolute atomic E-state index is 3.56. The van der Waals surface area contributed by atoms with Crippen molar-refractivity contribution in [3.63, 3.8) is 0 Å². The van der Waals surface area contributed by atoms with Gasteiger partial charge in [0, 0.05) is 18.6 Å². The fraction of sp³-hybridized carbons (Fsp3) is 1.00. The predicted molar refractivity (Wildman–Crippen MR) is 74.3 cm³/mol. The number of likely N-dealkylation sites (tertiary alicyclic amines) is 1. The normalized spacial score (nSPS) is 26.8. The van der Waals surface area contributed by atoms with E-state index in [0.29, 0.717) is 12.1 Å². The van der Waals surface area contributed by atoms with Crippen LogP contribution in [0.15, 0.2) is 0 Å². The van der Waals surface area contributed by atoms with E-state index in [1.807, 2.05) is 0 Å². The van der Waals surface area contributed by atoms with Crippen molar-refractivity contribution in [1.29, 1.82) is 0 Å². The zero-order chi connectivity index (χ0) is 12.3. The van der Waals surface area contributed by atoms with Gasteiger partial charge in [0.1, 0.15) is 0 Å². The van der Waals surface area contributed by atoms with Gasteiger partial charge in [0.05, 0.1) is 0 Å². The summed E-state index contributed by atoms with van der Waals surface area (Å²) in [5.41, 5.74) is 0.766. The smallest absolute Gasteiger partial charge is 0.0192 e. The lowest BCUT2D eigenvalue weighted by molar-refractivity contribution is 0.0805. The van der Waals surface area contributed by atoms with Crippen LogP contribution in [0.1, 0.15) is 59.3 Å². The molecule has 2 aliphatic rings. The van der Waals surface area contributed by atoms with Crippen molar-refractivity contribution in [1.82, 2.24) is 10.2 Å². The molecule has 2 rings (SSSR count). The van der Waals surface area contributed by atoms with Crippen LogP contribution >= 0.6 is 0 Å². The molecule has 1 atom stereocenters. The first-order valence-electron chi connectivity index (χ1n) is 7.59. The molecule has 1 saturated carbocycles. The Morgan fingerprint density at radius 1 is 1.00 bits per heavy atom. The van der Waals surface area contributed by atoms with Gasteiger partial charge in [0.15, 0.2) is 0 Å². The first kappa shape index (κ1) is 13.4. The molecule has 2 fully saturated rings. The molecule has 0 radical (unpaired) electrons. The van der Waals surface area contributed by atoms with E-state index in [1.165, 1.54) is 51.6 Å². The summed E-state index contributed by atoms with van der Waals surface area (Å²) in [7, 11) is 0. The second-order valence-corrected chi connectivity index (χ2v) is 6.66. The summed E-state index contributed by atoms with van der Waals surface area (Å²) in [6.07, 6.45) is 8.92. The quantitative estimate of drug-likeness (QED) is 0.810. The van der Waals surface area contributed by atoms with Gasteiger partial charge in [-0.25, -0.2) is 0 Å². The van der Waals surface area contributed by atoms with Gasteiger partial charge in [-0.1, -0.05) is 26.7 Å². The number of hydrogen-bond donors (Lipinski definition) is 1. The molecule has 1 heterocycles. The Labute approximate surface area is 107 Å². The van der Waals surface area contributed by atoms with Crippen LogP contribution in [0.2, 0.25) is 0 Å². The van der Waals surface area contributed by atoms with Gasteiger partial charge in [0.25, 0.3) is 0 Å². The van der Waals surface area contributed by atoms with Crippen molar-refractivity contribution in [3.8, 4) is 0 Å². The highest BCUT2D eigenvalue weighted by Gasteiger charge is 2.37. The summed E-state index contributed by atoms with van der Waals surface area (Å²) in [5.74, 6) is 0. The lowest BCUT2D eigenvalue weighted by Gasteiger charge is -2.42. The van der Waals surface area contributed by atoms with E-state index in [9.17, 15) is 0 Å². The van der Waals surface area contributed by atoms with Crippen LogP contribution < -0.4 is 5.32 Å². The molecule has 0 bridgehead atoms. The van der Waals surface area contributed by atoms with Gasteiger partial charge in [-0.05, 0) is 51.1 Å². The third-order valence-corrected chi connectivity index (χ3v) is 4.97. The van der Waals surface area contributed by atoms with Crippen LogP contribution in [0.5, 0.6) is 0 Å². The number of nitrogens with zero attached hydrogens (tertiary/aromatic N) is 1. The topological polar surface area (TPSA) is 15.3 Å². The van der Waals surface area contributed by atoms with Crippen LogP contribution in [0.25, 0.3) is 0 Å². The number of piperidine rings is 1. The molecule has 1 unspecified atom stereocenters. The zero-order valence-corrected chi connectivity index (χ0v) is 12.0. The van der Waals surface area contributed by atoms with Gasteiger partial charge in [-0.2, -0.15) is 0 Å². The lowest BCUT2D eigenvalue weighted by atomic mass is 9.77. The average molecular weight is 238 g/mol. The third kappa shape index (κ3) is 3.45.